The Bertz CT molecular complexity index is 313. The van der Waals surface area contributed by atoms with Gasteiger partial charge >= 0.3 is 0 Å². The zero-order valence-electron chi connectivity index (χ0n) is 7.98. The average Bonchev–Trinajstić information content (AvgIpc) is 2.85. The predicted molar refractivity (Wildman–Crippen MR) is 50.2 cm³/mol. The summed E-state index contributed by atoms with van der Waals surface area (Å²) in [6.07, 6.45) is 4.80. The maximum absolute atomic E-state index is 8.84. The number of nitrogens with zero attached hydrogens (tertiary/aromatic N) is 1. The lowest BCUT2D eigenvalue weighted by molar-refractivity contribution is 0.0201. The third-order valence-corrected chi connectivity index (χ3v) is 2.64. The Morgan fingerprint density at radius 2 is 2.50 bits per heavy atom. The molecule has 1 heterocycles. The van der Waals surface area contributed by atoms with Gasteiger partial charge in [-0.3, -0.25) is 0 Å². The fraction of sp³-hybridized carbons (Fsp3) is 0.545. The minimum Gasteiger partial charge on any atom is -0.467 e. The van der Waals surface area contributed by atoms with Gasteiger partial charge in [0.1, 0.15) is 12.4 Å². The van der Waals surface area contributed by atoms with Crippen LogP contribution < -0.4 is 0 Å². The van der Waals surface area contributed by atoms with E-state index in [2.05, 4.69) is 6.07 Å². The average molecular weight is 191 g/mol. The summed E-state index contributed by atoms with van der Waals surface area (Å²) in [7, 11) is 0. The fourth-order valence-electron chi connectivity index (χ4n) is 1.86. The van der Waals surface area contributed by atoms with Crippen LogP contribution in [0.3, 0.4) is 0 Å². The Balaban J connectivity index is 1.83. The van der Waals surface area contributed by atoms with E-state index in [0.717, 1.165) is 25.0 Å². The third kappa shape index (κ3) is 1.97. The second-order valence-corrected chi connectivity index (χ2v) is 3.60. The molecule has 0 spiro atoms. The van der Waals surface area contributed by atoms with E-state index in [1.54, 1.807) is 6.26 Å². The number of hydrogen-bond donors (Lipinski definition) is 0. The summed E-state index contributed by atoms with van der Waals surface area (Å²) in [5.41, 5.74) is 0. The number of hydrogen-bond acceptors (Lipinski definition) is 3. The summed E-state index contributed by atoms with van der Waals surface area (Å²) >= 11 is 0. The molecule has 3 nitrogen and oxygen atoms in total. The van der Waals surface area contributed by atoms with Crippen LogP contribution in [-0.2, 0) is 11.3 Å². The first-order chi connectivity index (χ1) is 6.90. The number of nitriles is 1. The second kappa shape index (κ2) is 4.30. The first-order valence-corrected chi connectivity index (χ1v) is 4.94. The molecule has 0 N–H and O–H groups in total. The number of furan rings is 1. The van der Waals surface area contributed by atoms with Gasteiger partial charge in [-0.25, -0.2) is 0 Å². The first-order valence-electron chi connectivity index (χ1n) is 4.94. The standard InChI is InChI=1S/C11H13NO2/c12-7-9-3-1-5-11(9)14-8-10-4-2-6-13-10/h2,4,6,9,11H,1,3,5,8H2. The molecular formula is C11H13NO2. The Kier molecular flexibility index (Phi) is 2.85. The Hall–Kier alpha value is -1.27. The van der Waals surface area contributed by atoms with Crippen LogP contribution in [0.1, 0.15) is 25.0 Å². The maximum atomic E-state index is 8.84. The molecule has 0 aliphatic heterocycles. The minimum atomic E-state index is 0.0740. The van der Waals surface area contributed by atoms with E-state index in [4.69, 9.17) is 14.4 Å². The summed E-state index contributed by atoms with van der Waals surface area (Å²) in [5, 5.41) is 8.84. The van der Waals surface area contributed by atoms with Crippen molar-refractivity contribution in [2.75, 3.05) is 0 Å². The quantitative estimate of drug-likeness (QED) is 0.737. The Labute approximate surface area is 83.3 Å². The molecule has 1 aliphatic carbocycles. The molecule has 0 radical (unpaired) electrons. The topological polar surface area (TPSA) is 46.2 Å². The molecule has 3 heteroatoms. The van der Waals surface area contributed by atoms with Gasteiger partial charge in [-0.15, -0.1) is 0 Å². The largest absolute Gasteiger partial charge is 0.467 e. The Morgan fingerprint density at radius 3 is 3.21 bits per heavy atom. The van der Waals surface area contributed by atoms with E-state index in [1.165, 1.54) is 0 Å². The zero-order chi connectivity index (χ0) is 9.80. The summed E-state index contributed by atoms with van der Waals surface area (Å²) in [6.45, 7) is 0.482. The van der Waals surface area contributed by atoms with Crippen LogP contribution in [0, 0.1) is 17.2 Å². The van der Waals surface area contributed by atoms with Crippen molar-refractivity contribution in [2.45, 2.75) is 32.0 Å². The lowest BCUT2D eigenvalue weighted by Crippen LogP contribution is -2.16. The molecule has 1 aliphatic rings. The molecule has 14 heavy (non-hydrogen) atoms. The van der Waals surface area contributed by atoms with Crippen molar-refractivity contribution >= 4 is 0 Å². The van der Waals surface area contributed by atoms with Crippen molar-refractivity contribution in [2.24, 2.45) is 5.92 Å². The van der Waals surface area contributed by atoms with Gasteiger partial charge in [0.15, 0.2) is 0 Å². The van der Waals surface area contributed by atoms with Gasteiger partial charge in [0.2, 0.25) is 0 Å². The van der Waals surface area contributed by atoms with Gasteiger partial charge in [-0.05, 0) is 31.4 Å². The monoisotopic (exact) mass is 191 g/mol. The molecule has 1 aromatic heterocycles. The number of ether oxygens (including phenoxy) is 1. The molecule has 2 rings (SSSR count). The van der Waals surface area contributed by atoms with E-state index in [0.29, 0.717) is 6.61 Å². The molecule has 2 unspecified atom stereocenters. The van der Waals surface area contributed by atoms with Gasteiger partial charge in [0, 0.05) is 0 Å². The molecule has 1 aromatic rings. The molecule has 0 bridgehead atoms. The highest BCUT2D eigenvalue weighted by atomic mass is 16.5. The van der Waals surface area contributed by atoms with Gasteiger partial charge < -0.3 is 9.15 Å². The maximum Gasteiger partial charge on any atom is 0.129 e. The van der Waals surface area contributed by atoms with Crippen LogP contribution in [0.25, 0.3) is 0 Å². The van der Waals surface area contributed by atoms with Crippen LogP contribution in [0.5, 0.6) is 0 Å². The van der Waals surface area contributed by atoms with Crippen molar-refractivity contribution < 1.29 is 9.15 Å². The minimum absolute atomic E-state index is 0.0740. The normalized spacial score (nSPS) is 26.2. The SMILES string of the molecule is N#CC1CCCC1OCc1ccco1. The molecule has 0 saturated heterocycles. The third-order valence-electron chi connectivity index (χ3n) is 2.64. The molecule has 74 valence electrons. The van der Waals surface area contributed by atoms with Crippen LogP contribution in [0.2, 0.25) is 0 Å². The van der Waals surface area contributed by atoms with E-state index < -0.39 is 0 Å². The van der Waals surface area contributed by atoms with Crippen LogP contribution in [0.15, 0.2) is 22.8 Å². The van der Waals surface area contributed by atoms with Crippen molar-refractivity contribution in [3.63, 3.8) is 0 Å². The molecule has 0 amide bonds. The van der Waals surface area contributed by atoms with Crippen molar-refractivity contribution in [1.82, 2.24) is 0 Å². The number of rotatable bonds is 3. The van der Waals surface area contributed by atoms with Crippen molar-refractivity contribution in [1.29, 1.82) is 5.26 Å². The van der Waals surface area contributed by atoms with Gasteiger partial charge in [-0.2, -0.15) is 5.26 Å². The van der Waals surface area contributed by atoms with Crippen LogP contribution in [0.4, 0.5) is 0 Å². The summed E-state index contributed by atoms with van der Waals surface area (Å²) < 4.78 is 10.8. The summed E-state index contributed by atoms with van der Waals surface area (Å²) in [6, 6.07) is 6.02. The second-order valence-electron chi connectivity index (χ2n) is 3.60. The highest BCUT2D eigenvalue weighted by Crippen LogP contribution is 2.28. The van der Waals surface area contributed by atoms with Gasteiger partial charge in [0.05, 0.1) is 24.4 Å². The van der Waals surface area contributed by atoms with Crippen molar-refractivity contribution in [3.8, 4) is 6.07 Å². The molecule has 2 atom stereocenters. The molecule has 0 aromatic carbocycles. The lowest BCUT2D eigenvalue weighted by atomic mass is 10.1. The summed E-state index contributed by atoms with van der Waals surface area (Å²) in [5.74, 6) is 0.901. The van der Waals surface area contributed by atoms with E-state index in [9.17, 15) is 0 Å². The molecule has 1 fully saturated rings. The van der Waals surface area contributed by atoms with Crippen LogP contribution >= 0.6 is 0 Å². The lowest BCUT2D eigenvalue weighted by Gasteiger charge is -2.13. The van der Waals surface area contributed by atoms with Gasteiger partial charge in [0.25, 0.3) is 0 Å². The highest BCUT2D eigenvalue weighted by molar-refractivity contribution is 4.98. The van der Waals surface area contributed by atoms with Gasteiger partial charge in [-0.1, -0.05) is 0 Å². The summed E-state index contributed by atoms with van der Waals surface area (Å²) in [4.78, 5) is 0. The first kappa shape index (κ1) is 9.29. The Morgan fingerprint density at radius 1 is 1.57 bits per heavy atom. The fourth-order valence-corrected chi connectivity index (χ4v) is 1.86. The smallest absolute Gasteiger partial charge is 0.129 e. The van der Waals surface area contributed by atoms with E-state index in [1.807, 2.05) is 12.1 Å². The van der Waals surface area contributed by atoms with E-state index >= 15 is 0 Å². The highest BCUT2D eigenvalue weighted by Gasteiger charge is 2.27. The molecular weight excluding hydrogens is 178 g/mol. The van der Waals surface area contributed by atoms with E-state index in [-0.39, 0.29) is 12.0 Å². The van der Waals surface area contributed by atoms with Crippen molar-refractivity contribution in [3.05, 3.63) is 24.2 Å². The van der Waals surface area contributed by atoms with Crippen LogP contribution in [-0.4, -0.2) is 6.10 Å². The zero-order valence-corrected chi connectivity index (χ0v) is 7.98. The molecule has 1 saturated carbocycles. The predicted octanol–water partition coefficient (Wildman–Crippen LogP) is 2.49.